The van der Waals surface area contributed by atoms with E-state index in [4.69, 9.17) is 15.0 Å². The molecule has 66 heavy (non-hydrogen) atoms. The summed E-state index contributed by atoms with van der Waals surface area (Å²) in [4.78, 5) is 15.3. The maximum Gasteiger partial charge on any atom is 0.164 e. The molecule has 0 aliphatic heterocycles. The van der Waals surface area contributed by atoms with Gasteiger partial charge < -0.3 is 9.13 Å². The standard InChI is InChI=1S/C58H34F2N6/c59-48-21-13-22-49(60)55(48)47-30-36(35-61)26-28-54(47)66-52-25-12-9-20-45(52)46-34-39(27-29-53(46)66)40-31-41(33-42(32-40)65-50-23-10-7-18-43(50)44-19-8-11-24-51(44)65)58-63-56(37-14-3-1-4-15-37)62-57(64-58)38-16-5-2-6-17-38/h1-34H. The summed E-state index contributed by atoms with van der Waals surface area (Å²) < 4.78 is 35.5. The molecule has 310 valence electrons. The zero-order valence-corrected chi connectivity index (χ0v) is 35.1. The van der Waals surface area contributed by atoms with Gasteiger partial charge in [-0.05, 0) is 90.0 Å². The number of fused-ring (bicyclic) bond motifs is 6. The zero-order chi connectivity index (χ0) is 44.3. The molecule has 0 N–H and O–H groups in total. The van der Waals surface area contributed by atoms with Crippen LogP contribution in [0.5, 0.6) is 0 Å². The Kier molecular flexibility index (Phi) is 9.14. The molecule has 0 radical (unpaired) electrons. The van der Waals surface area contributed by atoms with Gasteiger partial charge in [-0.1, -0.05) is 127 Å². The van der Waals surface area contributed by atoms with Crippen LogP contribution in [0, 0.1) is 23.0 Å². The first kappa shape index (κ1) is 38.6. The van der Waals surface area contributed by atoms with Gasteiger partial charge in [-0.2, -0.15) is 5.26 Å². The number of halogens is 2. The molecule has 0 saturated heterocycles. The molecule has 0 atom stereocenters. The van der Waals surface area contributed by atoms with Gasteiger partial charge in [-0.3, -0.25) is 0 Å². The molecule has 12 aromatic rings. The van der Waals surface area contributed by atoms with Crippen molar-refractivity contribution in [3.8, 4) is 73.9 Å². The number of para-hydroxylation sites is 3. The third-order valence-corrected chi connectivity index (χ3v) is 12.3. The lowest BCUT2D eigenvalue weighted by molar-refractivity contribution is 0.589. The lowest BCUT2D eigenvalue weighted by atomic mass is 9.98. The number of nitrogens with zero attached hydrogens (tertiary/aromatic N) is 6. The highest BCUT2D eigenvalue weighted by molar-refractivity contribution is 6.12. The summed E-state index contributed by atoms with van der Waals surface area (Å²) in [5.74, 6) is 0.236. The molecule has 6 nitrogen and oxygen atoms in total. The monoisotopic (exact) mass is 852 g/mol. The fourth-order valence-corrected chi connectivity index (χ4v) is 9.34. The molecule has 9 aromatic carbocycles. The fraction of sp³-hybridized carbons (Fsp3) is 0. The van der Waals surface area contributed by atoms with Crippen LogP contribution >= 0.6 is 0 Å². The van der Waals surface area contributed by atoms with Crippen LogP contribution in [0.1, 0.15) is 5.56 Å². The summed E-state index contributed by atoms with van der Waals surface area (Å²) >= 11 is 0. The quantitative estimate of drug-likeness (QED) is 0.160. The summed E-state index contributed by atoms with van der Waals surface area (Å²) in [5.41, 5.74) is 10.1. The van der Waals surface area contributed by atoms with Crippen molar-refractivity contribution in [2.45, 2.75) is 0 Å². The highest BCUT2D eigenvalue weighted by atomic mass is 19.1. The number of hydrogen-bond donors (Lipinski definition) is 0. The highest BCUT2D eigenvalue weighted by Gasteiger charge is 2.22. The van der Waals surface area contributed by atoms with E-state index in [0.29, 0.717) is 28.7 Å². The molecule has 0 bridgehead atoms. The van der Waals surface area contributed by atoms with Gasteiger partial charge in [0.15, 0.2) is 17.5 Å². The minimum absolute atomic E-state index is 0.189. The Labute approximate surface area is 377 Å². The number of benzene rings is 9. The second-order valence-electron chi connectivity index (χ2n) is 16.2. The summed E-state index contributed by atoms with van der Waals surface area (Å²) in [6.07, 6.45) is 0. The zero-order valence-electron chi connectivity index (χ0n) is 35.1. The van der Waals surface area contributed by atoms with Crippen LogP contribution in [0.3, 0.4) is 0 Å². The van der Waals surface area contributed by atoms with Crippen molar-refractivity contribution in [1.29, 1.82) is 5.26 Å². The van der Waals surface area contributed by atoms with Crippen LogP contribution < -0.4 is 0 Å². The number of hydrogen-bond acceptors (Lipinski definition) is 4. The third kappa shape index (κ3) is 6.41. The van der Waals surface area contributed by atoms with Crippen molar-refractivity contribution in [2.24, 2.45) is 0 Å². The average molecular weight is 853 g/mol. The van der Waals surface area contributed by atoms with Crippen LogP contribution in [-0.4, -0.2) is 24.1 Å². The second-order valence-corrected chi connectivity index (χ2v) is 16.2. The van der Waals surface area contributed by atoms with Crippen molar-refractivity contribution in [3.05, 3.63) is 223 Å². The molecular weight excluding hydrogens is 819 g/mol. The summed E-state index contributed by atoms with van der Waals surface area (Å²) in [6, 6.07) is 68.6. The van der Waals surface area contributed by atoms with E-state index in [2.05, 4.69) is 102 Å². The summed E-state index contributed by atoms with van der Waals surface area (Å²) in [7, 11) is 0. The summed E-state index contributed by atoms with van der Waals surface area (Å²) in [6.45, 7) is 0. The van der Waals surface area contributed by atoms with Gasteiger partial charge in [0.2, 0.25) is 0 Å². The van der Waals surface area contributed by atoms with Crippen LogP contribution in [0.15, 0.2) is 206 Å². The van der Waals surface area contributed by atoms with E-state index < -0.39 is 11.6 Å². The first-order valence-corrected chi connectivity index (χ1v) is 21.5. The SMILES string of the molecule is N#Cc1ccc(-n2c3ccccc3c3cc(-c4cc(-c5nc(-c6ccccc6)nc(-c6ccccc6)n5)cc(-n5c6ccccc6c6ccccc65)c4)ccc32)c(-c2c(F)cccc2F)c1. The number of nitriles is 1. The lowest BCUT2D eigenvalue weighted by Gasteiger charge is -2.16. The molecule has 0 saturated carbocycles. The maximum atomic E-state index is 15.6. The Bertz CT molecular complexity index is 3790. The molecule has 0 fully saturated rings. The molecule has 0 unspecified atom stereocenters. The van der Waals surface area contributed by atoms with E-state index in [1.54, 1.807) is 18.2 Å². The van der Waals surface area contributed by atoms with Gasteiger partial charge in [-0.15, -0.1) is 0 Å². The molecule has 0 amide bonds. The van der Waals surface area contributed by atoms with E-state index in [-0.39, 0.29) is 11.1 Å². The van der Waals surface area contributed by atoms with Crippen molar-refractivity contribution in [3.63, 3.8) is 0 Å². The molecule has 3 aromatic heterocycles. The van der Waals surface area contributed by atoms with E-state index in [1.165, 1.54) is 18.2 Å². The van der Waals surface area contributed by atoms with Crippen molar-refractivity contribution >= 4 is 43.6 Å². The molecular formula is C58H34F2N6. The van der Waals surface area contributed by atoms with Crippen LogP contribution in [0.2, 0.25) is 0 Å². The maximum absolute atomic E-state index is 15.6. The van der Waals surface area contributed by atoms with Gasteiger partial charge in [0.05, 0.1) is 45.0 Å². The van der Waals surface area contributed by atoms with Crippen molar-refractivity contribution < 1.29 is 8.78 Å². The normalized spacial score (nSPS) is 11.5. The Balaban J connectivity index is 1.12. The average Bonchev–Trinajstić information content (AvgIpc) is 3.89. The largest absolute Gasteiger partial charge is 0.309 e. The molecule has 12 rings (SSSR count). The Morgan fingerprint density at radius 2 is 0.879 bits per heavy atom. The van der Waals surface area contributed by atoms with Crippen LogP contribution in [0.25, 0.3) is 111 Å². The fourth-order valence-electron chi connectivity index (χ4n) is 9.34. The predicted octanol–water partition coefficient (Wildman–Crippen LogP) is 14.6. The molecule has 0 aliphatic carbocycles. The Hall–Kier alpha value is -9.06. The molecule has 0 aliphatic rings. The molecule has 0 spiro atoms. The van der Waals surface area contributed by atoms with Gasteiger partial charge in [-0.25, -0.2) is 23.7 Å². The minimum atomic E-state index is -0.710. The molecule has 8 heteroatoms. The molecule has 3 heterocycles. The van der Waals surface area contributed by atoms with Crippen molar-refractivity contribution in [2.75, 3.05) is 0 Å². The van der Waals surface area contributed by atoms with E-state index >= 15 is 8.78 Å². The van der Waals surface area contributed by atoms with E-state index in [1.807, 2.05) is 83.4 Å². The smallest absolute Gasteiger partial charge is 0.164 e. The topological polar surface area (TPSA) is 72.3 Å². The first-order chi connectivity index (χ1) is 32.5. The van der Waals surface area contributed by atoms with Gasteiger partial charge in [0.25, 0.3) is 0 Å². The lowest BCUT2D eigenvalue weighted by Crippen LogP contribution is -2.02. The van der Waals surface area contributed by atoms with E-state index in [9.17, 15) is 5.26 Å². The highest BCUT2D eigenvalue weighted by Crippen LogP contribution is 2.41. The predicted molar refractivity (Wildman–Crippen MR) is 260 cm³/mol. The Morgan fingerprint density at radius 1 is 0.379 bits per heavy atom. The third-order valence-electron chi connectivity index (χ3n) is 12.3. The first-order valence-electron chi connectivity index (χ1n) is 21.5. The van der Waals surface area contributed by atoms with Crippen LogP contribution in [-0.2, 0) is 0 Å². The van der Waals surface area contributed by atoms with E-state index in [0.717, 1.165) is 77.1 Å². The van der Waals surface area contributed by atoms with Gasteiger partial charge >= 0.3 is 0 Å². The van der Waals surface area contributed by atoms with Gasteiger partial charge in [0.1, 0.15) is 11.6 Å². The number of rotatable bonds is 7. The minimum Gasteiger partial charge on any atom is -0.309 e. The number of aromatic nitrogens is 5. The van der Waals surface area contributed by atoms with Crippen LogP contribution in [0.4, 0.5) is 8.78 Å². The summed E-state index contributed by atoms with van der Waals surface area (Å²) in [5, 5.41) is 14.1. The second kappa shape index (κ2) is 15.6. The van der Waals surface area contributed by atoms with Crippen molar-refractivity contribution in [1.82, 2.24) is 24.1 Å². The Morgan fingerprint density at radius 3 is 1.47 bits per heavy atom. The van der Waals surface area contributed by atoms with Gasteiger partial charge in [0, 0.05) is 49.5 Å².